The molecule has 2 aliphatic rings. The molecule has 0 radical (unpaired) electrons. The van der Waals surface area contributed by atoms with Crippen LogP contribution in [0.4, 0.5) is 10.5 Å². The molecule has 5 rings (SSSR count). The van der Waals surface area contributed by atoms with Crippen molar-refractivity contribution in [1.29, 1.82) is 0 Å². The number of carbonyl (C=O) groups is 3. The van der Waals surface area contributed by atoms with Gasteiger partial charge in [0.05, 0.1) is 6.04 Å². The van der Waals surface area contributed by atoms with Crippen molar-refractivity contribution in [3.05, 3.63) is 89.5 Å². The zero-order valence-corrected chi connectivity index (χ0v) is 18.8. The normalized spacial score (nSPS) is 18.4. The topological polar surface area (TPSA) is 114 Å². The Bertz CT molecular complexity index is 1230. The van der Waals surface area contributed by atoms with Gasteiger partial charge in [0.15, 0.2) is 6.10 Å². The fourth-order valence-corrected chi connectivity index (χ4v) is 4.69. The number of hydrogen-bond donors (Lipinski definition) is 3. The fraction of sp³-hybridized carbons (Fsp3) is 0.222. The van der Waals surface area contributed by atoms with Crippen molar-refractivity contribution in [3.63, 3.8) is 0 Å². The number of amides is 2. The molecule has 0 unspecified atom stereocenters. The number of carboxylic acids is 1. The van der Waals surface area contributed by atoms with Crippen LogP contribution < -0.4 is 10.6 Å². The number of aliphatic carboxylic acids is 1. The molecule has 1 aliphatic heterocycles. The first kappa shape index (κ1) is 22.6. The van der Waals surface area contributed by atoms with Crippen LogP contribution in [0, 0.1) is 0 Å². The third-order valence-corrected chi connectivity index (χ3v) is 6.39. The molecule has 8 nitrogen and oxygen atoms in total. The van der Waals surface area contributed by atoms with Gasteiger partial charge in [0.2, 0.25) is 0 Å². The van der Waals surface area contributed by atoms with Crippen LogP contribution in [0.15, 0.2) is 72.8 Å². The zero-order valence-electron chi connectivity index (χ0n) is 18.8. The first-order valence-electron chi connectivity index (χ1n) is 11.4. The Morgan fingerprint density at radius 3 is 2.17 bits per heavy atom. The van der Waals surface area contributed by atoms with Crippen LogP contribution in [0.1, 0.15) is 33.8 Å². The van der Waals surface area contributed by atoms with Crippen molar-refractivity contribution >= 4 is 23.7 Å². The number of carboxylic acid groups (broad SMARTS) is 1. The monoisotopic (exact) mass is 472 g/mol. The van der Waals surface area contributed by atoms with Crippen molar-refractivity contribution in [2.24, 2.45) is 0 Å². The molecular weight excluding hydrogens is 448 g/mol. The van der Waals surface area contributed by atoms with E-state index in [2.05, 4.69) is 34.9 Å². The molecule has 2 amide bonds. The average Bonchev–Trinajstić information content (AvgIpc) is 3.46. The minimum atomic E-state index is -1.10. The molecule has 1 fully saturated rings. The lowest BCUT2D eigenvalue weighted by molar-refractivity contribution is -0.148. The lowest BCUT2D eigenvalue weighted by atomic mass is 9.98. The van der Waals surface area contributed by atoms with Crippen LogP contribution in [-0.4, -0.2) is 48.4 Å². The van der Waals surface area contributed by atoms with E-state index in [0.29, 0.717) is 17.7 Å². The summed E-state index contributed by atoms with van der Waals surface area (Å²) in [6.45, 7) is 0.486. The highest BCUT2D eigenvalue weighted by molar-refractivity contribution is 5.95. The van der Waals surface area contributed by atoms with Gasteiger partial charge < -0.3 is 19.9 Å². The first-order chi connectivity index (χ1) is 17.0. The number of anilines is 1. The minimum absolute atomic E-state index is 0.0339. The van der Waals surface area contributed by atoms with Gasteiger partial charge in [-0.1, -0.05) is 48.5 Å². The SMILES string of the molecule is O=C(Nc1ccc(C(=O)N[C@H]2CCO[C@H]2C(=O)O)cc1)OCC1c2ccccc2-c2ccccc21. The number of benzene rings is 3. The van der Waals surface area contributed by atoms with Crippen molar-refractivity contribution in [1.82, 2.24) is 5.32 Å². The maximum absolute atomic E-state index is 12.5. The molecule has 0 aromatic heterocycles. The largest absolute Gasteiger partial charge is 0.479 e. The second kappa shape index (κ2) is 9.60. The van der Waals surface area contributed by atoms with Crippen molar-refractivity contribution in [3.8, 4) is 11.1 Å². The molecule has 8 heteroatoms. The molecule has 3 aromatic carbocycles. The molecule has 35 heavy (non-hydrogen) atoms. The summed E-state index contributed by atoms with van der Waals surface area (Å²) in [5, 5.41) is 14.6. The Kier molecular flexibility index (Phi) is 6.20. The summed E-state index contributed by atoms with van der Waals surface area (Å²) in [5.74, 6) is -1.54. The molecule has 1 saturated heterocycles. The van der Waals surface area contributed by atoms with Gasteiger partial charge in [-0.2, -0.15) is 0 Å². The minimum Gasteiger partial charge on any atom is -0.479 e. The van der Waals surface area contributed by atoms with Gasteiger partial charge in [0.1, 0.15) is 6.61 Å². The summed E-state index contributed by atoms with van der Waals surface area (Å²) in [6.07, 6.45) is -1.20. The lowest BCUT2D eigenvalue weighted by Crippen LogP contribution is -2.44. The fourth-order valence-electron chi connectivity index (χ4n) is 4.69. The van der Waals surface area contributed by atoms with Crippen LogP contribution in [0.2, 0.25) is 0 Å². The number of rotatable bonds is 6. The van der Waals surface area contributed by atoms with Gasteiger partial charge in [-0.15, -0.1) is 0 Å². The van der Waals surface area contributed by atoms with Gasteiger partial charge in [0, 0.05) is 23.8 Å². The second-order valence-corrected chi connectivity index (χ2v) is 8.53. The maximum atomic E-state index is 12.5. The lowest BCUT2D eigenvalue weighted by Gasteiger charge is -2.16. The molecule has 2 atom stereocenters. The van der Waals surface area contributed by atoms with E-state index in [4.69, 9.17) is 14.6 Å². The van der Waals surface area contributed by atoms with E-state index < -0.39 is 30.1 Å². The summed E-state index contributed by atoms with van der Waals surface area (Å²) in [5.41, 5.74) is 5.41. The second-order valence-electron chi connectivity index (χ2n) is 8.53. The third-order valence-electron chi connectivity index (χ3n) is 6.39. The van der Waals surface area contributed by atoms with Gasteiger partial charge >= 0.3 is 12.1 Å². The van der Waals surface area contributed by atoms with E-state index in [0.717, 1.165) is 22.3 Å². The first-order valence-corrected chi connectivity index (χ1v) is 11.4. The van der Waals surface area contributed by atoms with E-state index in [9.17, 15) is 14.4 Å². The number of hydrogen-bond acceptors (Lipinski definition) is 5. The van der Waals surface area contributed by atoms with E-state index in [1.54, 1.807) is 24.3 Å². The summed E-state index contributed by atoms with van der Waals surface area (Å²) in [6, 6.07) is 22.0. The highest BCUT2D eigenvalue weighted by Gasteiger charge is 2.35. The predicted octanol–water partition coefficient (Wildman–Crippen LogP) is 4.02. The Morgan fingerprint density at radius 1 is 0.914 bits per heavy atom. The van der Waals surface area contributed by atoms with E-state index in [1.807, 2.05) is 24.3 Å². The molecular formula is C27H24N2O6. The number of ether oxygens (including phenoxy) is 2. The summed E-state index contributed by atoms with van der Waals surface area (Å²) in [4.78, 5) is 36.1. The Labute approximate surface area is 201 Å². The number of nitrogens with one attached hydrogen (secondary N) is 2. The smallest absolute Gasteiger partial charge is 0.411 e. The Morgan fingerprint density at radius 2 is 1.54 bits per heavy atom. The zero-order chi connectivity index (χ0) is 24.4. The van der Waals surface area contributed by atoms with Gasteiger partial charge in [0.25, 0.3) is 5.91 Å². The van der Waals surface area contributed by atoms with E-state index in [-0.39, 0.29) is 19.1 Å². The summed E-state index contributed by atoms with van der Waals surface area (Å²) in [7, 11) is 0. The Hall–Kier alpha value is -4.17. The molecule has 3 aromatic rings. The molecule has 1 aliphatic carbocycles. The van der Waals surface area contributed by atoms with Crippen molar-refractivity contribution in [2.45, 2.75) is 24.5 Å². The van der Waals surface area contributed by atoms with Crippen LogP contribution >= 0.6 is 0 Å². The number of carbonyl (C=O) groups excluding carboxylic acids is 2. The van der Waals surface area contributed by atoms with E-state index in [1.165, 1.54) is 0 Å². The maximum Gasteiger partial charge on any atom is 0.411 e. The third kappa shape index (κ3) is 4.61. The van der Waals surface area contributed by atoms with Crippen molar-refractivity contribution < 1.29 is 29.0 Å². The van der Waals surface area contributed by atoms with E-state index >= 15 is 0 Å². The Balaban J connectivity index is 1.18. The molecule has 0 bridgehead atoms. The quantitative estimate of drug-likeness (QED) is 0.499. The molecule has 0 saturated carbocycles. The predicted molar refractivity (Wildman–Crippen MR) is 128 cm³/mol. The van der Waals surface area contributed by atoms with Crippen molar-refractivity contribution in [2.75, 3.05) is 18.5 Å². The van der Waals surface area contributed by atoms with Gasteiger partial charge in [-0.25, -0.2) is 9.59 Å². The van der Waals surface area contributed by atoms with Crippen LogP contribution in [0.3, 0.4) is 0 Å². The van der Waals surface area contributed by atoms with Crippen LogP contribution in [0.25, 0.3) is 11.1 Å². The molecule has 0 spiro atoms. The molecule has 3 N–H and O–H groups in total. The van der Waals surface area contributed by atoms with Gasteiger partial charge in [-0.3, -0.25) is 10.1 Å². The standard InChI is InChI=1S/C27H24N2O6/c30-25(29-23-13-14-34-24(23)26(31)32)16-9-11-17(12-10-16)28-27(33)35-15-22-20-7-3-1-5-18(20)19-6-2-4-8-21(19)22/h1-12,22-24H,13-15H2,(H,28,33)(H,29,30)(H,31,32)/t23-,24+/m0/s1. The molecule has 178 valence electrons. The average molecular weight is 472 g/mol. The highest BCUT2D eigenvalue weighted by Crippen LogP contribution is 2.44. The molecule has 1 heterocycles. The summed E-state index contributed by atoms with van der Waals surface area (Å²) < 4.78 is 10.7. The van der Waals surface area contributed by atoms with Crippen LogP contribution in [0.5, 0.6) is 0 Å². The number of fused-ring (bicyclic) bond motifs is 3. The van der Waals surface area contributed by atoms with Gasteiger partial charge in [-0.05, 0) is 52.9 Å². The van der Waals surface area contributed by atoms with Crippen LogP contribution in [-0.2, 0) is 14.3 Å². The summed E-state index contributed by atoms with van der Waals surface area (Å²) >= 11 is 0. The highest BCUT2D eigenvalue weighted by atomic mass is 16.5.